The van der Waals surface area contributed by atoms with Crippen molar-refractivity contribution >= 4 is 34.4 Å². The number of hydrogen-bond acceptors (Lipinski definition) is 4. The number of likely N-dealkylation sites (tertiary alicyclic amines) is 1. The van der Waals surface area contributed by atoms with Crippen LogP contribution in [0.3, 0.4) is 0 Å². The van der Waals surface area contributed by atoms with Crippen LogP contribution >= 0.6 is 0 Å². The van der Waals surface area contributed by atoms with E-state index < -0.39 is 5.97 Å². The number of benzene rings is 2. The topological polar surface area (TPSA) is 59.5 Å². The Hall–Kier alpha value is -3.54. The van der Waals surface area contributed by atoms with E-state index in [0.717, 1.165) is 59.9 Å². The summed E-state index contributed by atoms with van der Waals surface area (Å²) in [5.41, 5.74) is 4.72. The second kappa shape index (κ2) is 10.2. The third-order valence-corrected chi connectivity index (χ3v) is 7.39. The summed E-state index contributed by atoms with van der Waals surface area (Å²) in [4.78, 5) is 33.3. The maximum absolute atomic E-state index is 13.5. The average molecular weight is 487 g/mol. The summed E-state index contributed by atoms with van der Waals surface area (Å²) in [6.45, 7) is 3.84. The fourth-order valence-corrected chi connectivity index (χ4v) is 5.66. The predicted octanol–water partition coefficient (Wildman–Crippen LogP) is 6.20. The molecule has 6 heteroatoms. The van der Waals surface area contributed by atoms with E-state index in [1.54, 1.807) is 12.1 Å². The van der Waals surface area contributed by atoms with Gasteiger partial charge in [-0.05, 0) is 93.3 Å². The maximum Gasteiger partial charge on any atom is 0.339 e. The van der Waals surface area contributed by atoms with Crippen LogP contribution in [-0.4, -0.2) is 40.5 Å². The Kier molecular flexibility index (Phi) is 6.86. The van der Waals surface area contributed by atoms with E-state index >= 15 is 0 Å². The molecule has 1 aliphatic heterocycles. The van der Waals surface area contributed by atoms with Gasteiger partial charge in [-0.1, -0.05) is 30.3 Å². The second-order valence-electron chi connectivity index (χ2n) is 9.91. The first kappa shape index (κ1) is 24.2. The van der Waals surface area contributed by atoms with Crippen molar-refractivity contribution in [2.75, 3.05) is 6.61 Å². The number of ether oxygens (including phenoxy) is 1. The number of halogens is 1. The van der Waals surface area contributed by atoms with Crippen molar-refractivity contribution in [3.63, 3.8) is 0 Å². The van der Waals surface area contributed by atoms with Crippen LogP contribution in [0.25, 0.3) is 22.6 Å². The smallest absolute Gasteiger partial charge is 0.339 e. The number of allylic oxidation sites excluding steroid dienone is 1. The van der Waals surface area contributed by atoms with Crippen LogP contribution < -0.4 is 0 Å². The Bertz CT molecular complexity index is 1320. The average Bonchev–Trinajstić information content (AvgIpc) is 2.87. The highest BCUT2D eigenvalue weighted by atomic mass is 19.1. The normalized spacial score (nSPS) is 20.9. The maximum atomic E-state index is 13.5. The van der Waals surface area contributed by atoms with Crippen molar-refractivity contribution in [2.45, 2.75) is 64.5 Å². The van der Waals surface area contributed by atoms with Gasteiger partial charge in [0.2, 0.25) is 0 Å². The van der Waals surface area contributed by atoms with Crippen LogP contribution in [0.15, 0.2) is 48.5 Å². The minimum atomic E-state index is -0.487. The van der Waals surface area contributed by atoms with Gasteiger partial charge in [0.15, 0.2) is 6.61 Å². The molecule has 186 valence electrons. The molecule has 0 radical (unpaired) electrons. The van der Waals surface area contributed by atoms with Crippen LogP contribution in [0.1, 0.15) is 73.1 Å². The molecule has 2 aromatic carbocycles. The number of esters is 1. The highest BCUT2D eigenvalue weighted by molar-refractivity contribution is 6.07. The molecule has 0 bridgehead atoms. The number of piperidine rings is 1. The first-order chi connectivity index (χ1) is 17.4. The Labute approximate surface area is 211 Å². The molecule has 1 amide bonds. The van der Waals surface area contributed by atoms with Gasteiger partial charge >= 0.3 is 5.97 Å². The van der Waals surface area contributed by atoms with Crippen molar-refractivity contribution in [2.24, 2.45) is 0 Å². The molecule has 36 heavy (non-hydrogen) atoms. The fraction of sp³-hybridized carbons (Fsp3) is 0.367. The fourth-order valence-electron chi connectivity index (χ4n) is 5.66. The quantitative estimate of drug-likeness (QED) is 0.412. The second-order valence-corrected chi connectivity index (χ2v) is 9.91. The third-order valence-electron chi connectivity index (χ3n) is 7.39. The highest BCUT2D eigenvalue weighted by Gasteiger charge is 2.31. The lowest BCUT2D eigenvalue weighted by atomic mass is 9.86. The Morgan fingerprint density at radius 1 is 1.03 bits per heavy atom. The Balaban J connectivity index is 1.48. The number of fused-ring (bicyclic) bond motifs is 2. The first-order valence-corrected chi connectivity index (χ1v) is 12.8. The summed E-state index contributed by atoms with van der Waals surface area (Å²) in [5, 5.41) is 0.733. The minimum absolute atomic E-state index is 0.146. The van der Waals surface area contributed by atoms with Gasteiger partial charge in [-0.25, -0.2) is 14.2 Å². The number of rotatable bonds is 4. The molecule has 0 spiro atoms. The molecule has 2 heterocycles. The Morgan fingerprint density at radius 2 is 1.75 bits per heavy atom. The molecule has 2 atom stereocenters. The lowest BCUT2D eigenvalue weighted by molar-refractivity contribution is -0.140. The molecule has 5 nitrogen and oxygen atoms in total. The van der Waals surface area contributed by atoms with Gasteiger partial charge in [0, 0.05) is 17.5 Å². The first-order valence-electron chi connectivity index (χ1n) is 12.8. The van der Waals surface area contributed by atoms with Gasteiger partial charge in [-0.2, -0.15) is 0 Å². The van der Waals surface area contributed by atoms with Crippen LogP contribution in [0.5, 0.6) is 0 Å². The lowest BCUT2D eigenvalue weighted by Gasteiger charge is -2.38. The molecular weight excluding hydrogens is 455 g/mol. The van der Waals surface area contributed by atoms with E-state index in [0.29, 0.717) is 17.5 Å². The third kappa shape index (κ3) is 4.77. The molecule has 0 saturated carbocycles. The Morgan fingerprint density at radius 3 is 2.50 bits per heavy atom. The van der Waals surface area contributed by atoms with E-state index in [9.17, 15) is 14.0 Å². The molecule has 1 saturated heterocycles. The number of nitrogens with zero attached hydrogens (tertiary/aromatic N) is 2. The van der Waals surface area contributed by atoms with Gasteiger partial charge in [-0.15, -0.1) is 0 Å². The van der Waals surface area contributed by atoms with Crippen LogP contribution in [-0.2, 0) is 16.0 Å². The van der Waals surface area contributed by atoms with Crippen molar-refractivity contribution in [3.8, 4) is 0 Å². The molecule has 1 fully saturated rings. The van der Waals surface area contributed by atoms with E-state index in [-0.39, 0.29) is 30.4 Å². The summed E-state index contributed by atoms with van der Waals surface area (Å²) < 4.78 is 19.1. The van der Waals surface area contributed by atoms with Crippen molar-refractivity contribution in [1.82, 2.24) is 9.88 Å². The molecule has 0 unspecified atom stereocenters. The number of pyridine rings is 1. The zero-order valence-corrected chi connectivity index (χ0v) is 20.8. The van der Waals surface area contributed by atoms with E-state index in [1.165, 1.54) is 12.1 Å². The standard InChI is InChI=1S/C30H31FN2O3/c1-19-7-5-8-20(2)33(19)27(34)18-36-30(35)28-24-10-3-4-12-26(24)32-29-22(9-6-11-25(28)29)17-21-13-15-23(31)16-14-21/h3-4,10,12-17,19-20H,5-9,11,18H2,1-2H3/b22-17-/t19-,20+. The van der Waals surface area contributed by atoms with Gasteiger partial charge in [0.25, 0.3) is 5.91 Å². The number of amides is 1. The lowest BCUT2D eigenvalue weighted by Crippen LogP contribution is -2.49. The molecule has 2 aliphatic rings. The summed E-state index contributed by atoms with van der Waals surface area (Å²) in [5.74, 6) is -0.913. The summed E-state index contributed by atoms with van der Waals surface area (Å²) >= 11 is 0. The van der Waals surface area contributed by atoms with E-state index in [2.05, 4.69) is 13.8 Å². The molecule has 5 rings (SSSR count). The van der Waals surface area contributed by atoms with Gasteiger partial charge in [0.05, 0.1) is 16.8 Å². The van der Waals surface area contributed by atoms with Gasteiger partial charge < -0.3 is 9.64 Å². The highest BCUT2D eigenvalue weighted by Crippen LogP contribution is 2.36. The number of aromatic nitrogens is 1. The zero-order chi connectivity index (χ0) is 25.2. The van der Waals surface area contributed by atoms with Gasteiger partial charge in [0.1, 0.15) is 5.82 Å². The largest absolute Gasteiger partial charge is 0.452 e. The van der Waals surface area contributed by atoms with Crippen LogP contribution in [0.4, 0.5) is 4.39 Å². The van der Waals surface area contributed by atoms with E-state index in [1.807, 2.05) is 35.2 Å². The predicted molar refractivity (Wildman–Crippen MR) is 139 cm³/mol. The number of para-hydroxylation sites is 1. The van der Waals surface area contributed by atoms with Crippen LogP contribution in [0, 0.1) is 5.82 Å². The SMILES string of the molecule is C[C@@H]1CCC[C@H](C)N1C(=O)COC(=O)c1c2c(nc3ccccc13)/C(=C\c1ccc(F)cc1)CCC2. The summed E-state index contributed by atoms with van der Waals surface area (Å²) in [7, 11) is 0. The molecule has 1 aliphatic carbocycles. The molecular formula is C30H31FN2O3. The minimum Gasteiger partial charge on any atom is -0.452 e. The van der Waals surface area contributed by atoms with Crippen molar-refractivity contribution in [1.29, 1.82) is 0 Å². The monoisotopic (exact) mass is 486 g/mol. The van der Waals surface area contributed by atoms with Gasteiger partial charge in [-0.3, -0.25) is 4.79 Å². The summed E-state index contributed by atoms with van der Waals surface area (Å²) in [6.07, 6.45) is 7.43. The van der Waals surface area contributed by atoms with Crippen molar-refractivity contribution in [3.05, 3.63) is 76.7 Å². The zero-order valence-electron chi connectivity index (χ0n) is 20.8. The molecule has 3 aromatic rings. The number of carbonyl (C=O) groups excluding carboxylic acids is 2. The number of hydrogen-bond donors (Lipinski definition) is 0. The van der Waals surface area contributed by atoms with Crippen molar-refractivity contribution < 1.29 is 18.7 Å². The number of carbonyl (C=O) groups is 2. The molecule has 1 aromatic heterocycles. The summed E-state index contributed by atoms with van der Waals surface area (Å²) in [6, 6.07) is 14.2. The van der Waals surface area contributed by atoms with Crippen LogP contribution in [0.2, 0.25) is 0 Å². The molecule has 0 N–H and O–H groups in total. The van der Waals surface area contributed by atoms with E-state index in [4.69, 9.17) is 9.72 Å².